The van der Waals surface area contributed by atoms with Crippen molar-refractivity contribution in [2.75, 3.05) is 12.4 Å². The highest BCUT2D eigenvalue weighted by Gasteiger charge is 2.54. The average Bonchev–Trinajstić information content (AvgIpc) is 2.77. The summed E-state index contributed by atoms with van der Waals surface area (Å²) in [6, 6.07) is 12.5. The summed E-state index contributed by atoms with van der Waals surface area (Å²) >= 11 is 6.13. The summed E-state index contributed by atoms with van der Waals surface area (Å²) in [5.41, 5.74) is 2.02. The Labute approximate surface area is 193 Å². The number of rotatable bonds is 6. The normalized spacial score (nSPS) is 27.8. The van der Waals surface area contributed by atoms with Crippen molar-refractivity contribution in [3.63, 3.8) is 0 Å². The van der Waals surface area contributed by atoms with Crippen LogP contribution in [0.15, 0.2) is 42.5 Å². The lowest BCUT2D eigenvalue weighted by atomic mass is 9.49. The molecule has 32 heavy (non-hydrogen) atoms. The van der Waals surface area contributed by atoms with Gasteiger partial charge in [-0.25, -0.2) is 0 Å². The molecule has 0 unspecified atom stereocenters. The molecular formula is C26H29ClN2O3. The SMILES string of the molecule is COc1ccc(NC(=O)c2ccc(CNC(=O)C34CC5CC(CC(C5)C3)C4)cc2)cc1Cl. The third-order valence-corrected chi connectivity index (χ3v) is 7.89. The van der Waals surface area contributed by atoms with Crippen LogP contribution in [-0.2, 0) is 11.3 Å². The van der Waals surface area contributed by atoms with Crippen molar-refractivity contribution in [3.05, 3.63) is 58.6 Å². The second-order valence-electron chi connectivity index (χ2n) is 9.88. The van der Waals surface area contributed by atoms with Gasteiger partial charge < -0.3 is 15.4 Å². The summed E-state index contributed by atoms with van der Waals surface area (Å²) < 4.78 is 5.14. The van der Waals surface area contributed by atoms with Gasteiger partial charge in [0.2, 0.25) is 5.91 Å². The number of halogens is 1. The number of amides is 2. The number of methoxy groups -OCH3 is 1. The van der Waals surface area contributed by atoms with Gasteiger partial charge in [0.15, 0.2) is 0 Å². The molecule has 0 heterocycles. The van der Waals surface area contributed by atoms with E-state index in [4.69, 9.17) is 16.3 Å². The maximum atomic E-state index is 13.1. The van der Waals surface area contributed by atoms with Crippen LogP contribution in [0.3, 0.4) is 0 Å². The van der Waals surface area contributed by atoms with Crippen LogP contribution < -0.4 is 15.4 Å². The van der Waals surface area contributed by atoms with Crippen molar-refractivity contribution in [2.24, 2.45) is 23.2 Å². The first-order valence-corrected chi connectivity index (χ1v) is 11.8. The lowest BCUT2D eigenvalue weighted by Gasteiger charge is -2.55. The van der Waals surface area contributed by atoms with E-state index in [1.807, 2.05) is 12.1 Å². The molecule has 0 spiro atoms. The van der Waals surface area contributed by atoms with Gasteiger partial charge in [-0.05, 0) is 92.2 Å². The minimum Gasteiger partial charge on any atom is -0.495 e. The molecule has 4 fully saturated rings. The molecule has 0 radical (unpaired) electrons. The Hall–Kier alpha value is -2.53. The highest BCUT2D eigenvalue weighted by molar-refractivity contribution is 6.32. The van der Waals surface area contributed by atoms with Crippen LogP contribution in [-0.4, -0.2) is 18.9 Å². The predicted molar refractivity (Wildman–Crippen MR) is 125 cm³/mol. The molecule has 5 nitrogen and oxygen atoms in total. The van der Waals surface area contributed by atoms with Crippen molar-refractivity contribution >= 4 is 29.1 Å². The molecule has 4 bridgehead atoms. The van der Waals surface area contributed by atoms with Crippen LogP contribution >= 0.6 is 11.6 Å². The summed E-state index contributed by atoms with van der Waals surface area (Å²) in [6.45, 7) is 0.497. The van der Waals surface area contributed by atoms with Crippen LogP contribution in [0.25, 0.3) is 0 Å². The second kappa shape index (κ2) is 8.43. The second-order valence-corrected chi connectivity index (χ2v) is 10.3. The Bertz CT molecular complexity index is 999. The maximum absolute atomic E-state index is 13.1. The van der Waals surface area contributed by atoms with E-state index in [1.165, 1.54) is 19.3 Å². The fourth-order valence-electron chi connectivity index (χ4n) is 6.48. The Balaban J connectivity index is 1.18. The first kappa shape index (κ1) is 21.3. The van der Waals surface area contributed by atoms with Crippen molar-refractivity contribution in [3.8, 4) is 5.75 Å². The molecule has 0 saturated heterocycles. The van der Waals surface area contributed by atoms with Gasteiger partial charge in [-0.3, -0.25) is 9.59 Å². The summed E-state index contributed by atoms with van der Waals surface area (Å²) in [6.07, 6.45) is 7.20. The zero-order valence-corrected chi connectivity index (χ0v) is 19.1. The van der Waals surface area contributed by atoms with Gasteiger partial charge >= 0.3 is 0 Å². The Morgan fingerprint density at radius 3 is 2.19 bits per heavy atom. The fraction of sp³-hybridized carbons (Fsp3) is 0.462. The minimum atomic E-state index is -0.213. The molecule has 4 saturated carbocycles. The number of ether oxygens (including phenoxy) is 1. The molecule has 6 rings (SSSR count). The number of hydrogen-bond acceptors (Lipinski definition) is 3. The topological polar surface area (TPSA) is 67.4 Å². The van der Waals surface area contributed by atoms with Crippen LogP contribution in [0.4, 0.5) is 5.69 Å². The summed E-state index contributed by atoms with van der Waals surface area (Å²) in [5, 5.41) is 6.48. The largest absolute Gasteiger partial charge is 0.495 e. The Morgan fingerprint density at radius 1 is 1.00 bits per heavy atom. The minimum absolute atomic E-state index is 0.131. The van der Waals surface area contributed by atoms with Gasteiger partial charge in [-0.2, -0.15) is 0 Å². The molecular weight excluding hydrogens is 424 g/mol. The number of hydrogen-bond donors (Lipinski definition) is 2. The van der Waals surface area contributed by atoms with Crippen LogP contribution in [0, 0.1) is 23.2 Å². The zero-order valence-electron chi connectivity index (χ0n) is 18.3. The number of nitrogens with one attached hydrogen (secondary N) is 2. The molecule has 2 amide bonds. The number of carbonyl (C=O) groups is 2. The standard InChI is InChI=1S/C26H29ClN2O3/c1-32-23-7-6-21(11-22(23)27)29-24(30)20-4-2-16(3-5-20)15-28-25(31)26-12-17-8-18(13-26)10-19(9-17)14-26/h2-7,11,17-19H,8-10,12-15H2,1H3,(H,28,31)(H,29,30). The molecule has 2 aromatic rings. The van der Waals surface area contributed by atoms with E-state index >= 15 is 0 Å². The van der Waals surface area contributed by atoms with Crippen molar-refractivity contribution in [2.45, 2.75) is 45.1 Å². The van der Waals surface area contributed by atoms with E-state index in [0.717, 1.165) is 42.6 Å². The quantitative estimate of drug-likeness (QED) is 0.613. The van der Waals surface area contributed by atoms with E-state index in [9.17, 15) is 9.59 Å². The molecule has 0 aliphatic heterocycles. The van der Waals surface area contributed by atoms with E-state index in [2.05, 4.69) is 10.6 Å². The fourth-order valence-corrected chi connectivity index (χ4v) is 6.74. The summed E-state index contributed by atoms with van der Waals surface area (Å²) in [4.78, 5) is 25.7. The van der Waals surface area contributed by atoms with Gasteiger partial charge in [0, 0.05) is 23.2 Å². The van der Waals surface area contributed by atoms with Crippen molar-refractivity contribution in [1.82, 2.24) is 5.32 Å². The lowest BCUT2D eigenvalue weighted by molar-refractivity contribution is -0.146. The van der Waals surface area contributed by atoms with Gasteiger partial charge in [-0.15, -0.1) is 0 Å². The first-order valence-electron chi connectivity index (χ1n) is 11.5. The van der Waals surface area contributed by atoms with Crippen LogP contribution in [0.5, 0.6) is 5.75 Å². The van der Waals surface area contributed by atoms with Gasteiger partial charge in [0.05, 0.1) is 12.1 Å². The Morgan fingerprint density at radius 2 is 1.62 bits per heavy atom. The number of benzene rings is 2. The van der Waals surface area contributed by atoms with Gasteiger partial charge in [0.25, 0.3) is 5.91 Å². The monoisotopic (exact) mass is 452 g/mol. The highest BCUT2D eigenvalue weighted by atomic mass is 35.5. The van der Waals surface area contributed by atoms with Crippen LogP contribution in [0.1, 0.15) is 54.4 Å². The van der Waals surface area contributed by atoms with E-state index in [0.29, 0.717) is 28.6 Å². The first-order chi connectivity index (χ1) is 15.4. The number of carbonyl (C=O) groups excluding carboxylic acids is 2. The lowest BCUT2D eigenvalue weighted by Crippen LogP contribution is -2.53. The Kier molecular flexibility index (Phi) is 5.62. The molecule has 6 heteroatoms. The molecule has 4 aliphatic carbocycles. The summed E-state index contributed by atoms with van der Waals surface area (Å²) in [5.74, 6) is 2.84. The van der Waals surface area contributed by atoms with E-state index < -0.39 is 0 Å². The zero-order chi connectivity index (χ0) is 22.3. The molecule has 0 aromatic heterocycles. The molecule has 168 valence electrons. The summed E-state index contributed by atoms with van der Waals surface area (Å²) in [7, 11) is 1.55. The molecule has 2 N–H and O–H groups in total. The highest BCUT2D eigenvalue weighted by Crippen LogP contribution is 2.60. The molecule has 4 aliphatic rings. The van der Waals surface area contributed by atoms with Gasteiger partial charge in [-0.1, -0.05) is 23.7 Å². The average molecular weight is 453 g/mol. The van der Waals surface area contributed by atoms with E-state index in [-0.39, 0.29) is 17.2 Å². The smallest absolute Gasteiger partial charge is 0.255 e. The molecule has 0 atom stereocenters. The van der Waals surface area contributed by atoms with Crippen molar-refractivity contribution < 1.29 is 14.3 Å². The van der Waals surface area contributed by atoms with E-state index in [1.54, 1.807) is 37.4 Å². The molecule has 2 aromatic carbocycles. The maximum Gasteiger partial charge on any atom is 0.255 e. The van der Waals surface area contributed by atoms with Crippen LogP contribution in [0.2, 0.25) is 5.02 Å². The van der Waals surface area contributed by atoms with Gasteiger partial charge in [0.1, 0.15) is 5.75 Å². The predicted octanol–water partition coefficient (Wildman–Crippen LogP) is 5.43. The number of anilines is 1. The third-order valence-electron chi connectivity index (χ3n) is 7.60. The van der Waals surface area contributed by atoms with Crippen molar-refractivity contribution in [1.29, 1.82) is 0 Å². The third kappa shape index (κ3) is 4.11.